The van der Waals surface area contributed by atoms with Crippen LogP contribution in [0.5, 0.6) is 0 Å². The van der Waals surface area contributed by atoms with Crippen molar-refractivity contribution in [3.63, 3.8) is 0 Å². The molecule has 0 N–H and O–H groups in total. The Hall–Kier alpha value is -2.99. The van der Waals surface area contributed by atoms with E-state index in [0.717, 1.165) is 50.3 Å². The Kier molecular flexibility index (Phi) is 6.23. The highest BCUT2D eigenvalue weighted by atomic mass is 16.2. The van der Waals surface area contributed by atoms with Crippen LogP contribution in [-0.2, 0) is 12.8 Å². The van der Waals surface area contributed by atoms with Gasteiger partial charge in [0, 0.05) is 25.6 Å². The van der Waals surface area contributed by atoms with Crippen molar-refractivity contribution in [3.8, 4) is 5.69 Å². The Balaban J connectivity index is 1.55. The van der Waals surface area contributed by atoms with Gasteiger partial charge in [-0.15, -0.1) is 5.10 Å². The van der Waals surface area contributed by atoms with Crippen LogP contribution in [0.25, 0.3) is 5.69 Å². The van der Waals surface area contributed by atoms with E-state index in [0.29, 0.717) is 11.9 Å². The van der Waals surface area contributed by atoms with E-state index in [1.165, 1.54) is 5.56 Å². The first kappa shape index (κ1) is 20.3. The molecule has 6 heteroatoms. The highest BCUT2D eigenvalue weighted by molar-refractivity contribution is 5.90. The number of benzene rings is 2. The number of likely N-dealkylation sites (tertiary alicyclic amines) is 1. The van der Waals surface area contributed by atoms with Crippen LogP contribution in [0.3, 0.4) is 0 Å². The monoisotopic (exact) mass is 403 g/mol. The molecule has 1 saturated heterocycles. The molecule has 0 unspecified atom stereocenters. The highest BCUT2D eigenvalue weighted by Crippen LogP contribution is 2.18. The third kappa shape index (κ3) is 4.60. The SMILES string of the molecule is CN(C)C1CCN(C(=O)c2nc(CCc3ccccc3)n(-c3ccccc3)n2)CC1. The minimum Gasteiger partial charge on any atom is -0.336 e. The van der Waals surface area contributed by atoms with E-state index in [1.807, 2.05) is 58.1 Å². The van der Waals surface area contributed by atoms with Crippen molar-refractivity contribution in [2.24, 2.45) is 0 Å². The quantitative estimate of drug-likeness (QED) is 0.634. The second-order valence-electron chi connectivity index (χ2n) is 8.07. The van der Waals surface area contributed by atoms with E-state index in [1.54, 1.807) is 0 Å². The van der Waals surface area contributed by atoms with Crippen LogP contribution in [0, 0.1) is 0 Å². The number of nitrogens with zero attached hydrogens (tertiary/aromatic N) is 5. The Morgan fingerprint density at radius 2 is 1.60 bits per heavy atom. The van der Waals surface area contributed by atoms with Crippen LogP contribution in [0.1, 0.15) is 34.8 Å². The summed E-state index contributed by atoms with van der Waals surface area (Å²) in [4.78, 5) is 21.9. The number of piperidine rings is 1. The summed E-state index contributed by atoms with van der Waals surface area (Å²) < 4.78 is 1.82. The lowest BCUT2D eigenvalue weighted by Crippen LogP contribution is -2.44. The molecule has 30 heavy (non-hydrogen) atoms. The van der Waals surface area contributed by atoms with Gasteiger partial charge < -0.3 is 9.80 Å². The van der Waals surface area contributed by atoms with Crippen molar-refractivity contribution in [1.82, 2.24) is 24.6 Å². The van der Waals surface area contributed by atoms with Crippen molar-refractivity contribution in [1.29, 1.82) is 0 Å². The van der Waals surface area contributed by atoms with Crippen LogP contribution < -0.4 is 0 Å². The van der Waals surface area contributed by atoms with Crippen molar-refractivity contribution >= 4 is 5.91 Å². The third-order valence-corrected chi connectivity index (χ3v) is 5.83. The molecule has 6 nitrogen and oxygen atoms in total. The maximum absolute atomic E-state index is 13.1. The lowest BCUT2D eigenvalue weighted by atomic mass is 10.0. The molecule has 4 rings (SSSR count). The first-order chi connectivity index (χ1) is 14.6. The summed E-state index contributed by atoms with van der Waals surface area (Å²) in [6.07, 6.45) is 3.55. The summed E-state index contributed by atoms with van der Waals surface area (Å²) in [5.41, 5.74) is 2.18. The number of aryl methyl sites for hydroxylation is 2. The Morgan fingerprint density at radius 3 is 2.23 bits per heavy atom. The molecule has 1 fully saturated rings. The van der Waals surface area contributed by atoms with Gasteiger partial charge in [-0.1, -0.05) is 48.5 Å². The summed E-state index contributed by atoms with van der Waals surface area (Å²) in [7, 11) is 4.20. The minimum atomic E-state index is -0.0668. The van der Waals surface area contributed by atoms with Crippen molar-refractivity contribution in [3.05, 3.63) is 77.9 Å². The summed E-state index contributed by atoms with van der Waals surface area (Å²) in [6.45, 7) is 1.50. The fourth-order valence-corrected chi connectivity index (χ4v) is 4.00. The predicted octanol–water partition coefficient (Wildman–Crippen LogP) is 3.22. The molecule has 0 radical (unpaired) electrons. The summed E-state index contributed by atoms with van der Waals surface area (Å²) in [6, 6.07) is 20.8. The largest absolute Gasteiger partial charge is 0.336 e. The molecular formula is C24H29N5O. The van der Waals surface area contributed by atoms with Gasteiger partial charge in [-0.05, 0) is 51.1 Å². The zero-order chi connectivity index (χ0) is 20.9. The molecule has 0 atom stereocenters. The fraction of sp³-hybridized carbons (Fsp3) is 0.375. The van der Waals surface area contributed by atoms with Gasteiger partial charge >= 0.3 is 0 Å². The second-order valence-corrected chi connectivity index (χ2v) is 8.07. The molecule has 0 aliphatic carbocycles. The van der Waals surface area contributed by atoms with Crippen LogP contribution in [0.15, 0.2) is 60.7 Å². The smallest absolute Gasteiger partial charge is 0.293 e. The van der Waals surface area contributed by atoms with Gasteiger partial charge in [-0.25, -0.2) is 9.67 Å². The number of rotatable bonds is 6. The van der Waals surface area contributed by atoms with E-state index in [-0.39, 0.29) is 5.91 Å². The van der Waals surface area contributed by atoms with Crippen molar-refractivity contribution < 1.29 is 4.79 Å². The van der Waals surface area contributed by atoms with E-state index in [4.69, 9.17) is 0 Å². The van der Waals surface area contributed by atoms with Gasteiger partial charge in [-0.2, -0.15) is 0 Å². The number of aromatic nitrogens is 3. The van der Waals surface area contributed by atoms with Crippen LogP contribution in [0.2, 0.25) is 0 Å². The van der Waals surface area contributed by atoms with Gasteiger partial charge in [0.05, 0.1) is 5.69 Å². The average molecular weight is 404 g/mol. The lowest BCUT2D eigenvalue weighted by molar-refractivity contribution is 0.0651. The average Bonchev–Trinajstić information content (AvgIpc) is 3.23. The first-order valence-corrected chi connectivity index (χ1v) is 10.6. The van der Waals surface area contributed by atoms with Gasteiger partial charge in [-0.3, -0.25) is 4.79 Å². The number of para-hydroxylation sites is 1. The molecule has 2 aromatic carbocycles. The summed E-state index contributed by atoms with van der Waals surface area (Å²) >= 11 is 0. The molecule has 1 aliphatic rings. The zero-order valence-corrected chi connectivity index (χ0v) is 17.7. The zero-order valence-electron chi connectivity index (χ0n) is 17.7. The topological polar surface area (TPSA) is 54.3 Å². The third-order valence-electron chi connectivity index (χ3n) is 5.83. The molecule has 1 aliphatic heterocycles. The lowest BCUT2D eigenvalue weighted by Gasteiger charge is -2.34. The number of hydrogen-bond donors (Lipinski definition) is 0. The standard InChI is InChI=1S/C24H29N5O/c1-27(2)20-15-17-28(18-16-20)24(30)23-25-22(14-13-19-9-5-3-6-10-19)29(26-23)21-11-7-4-8-12-21/h3-12,20H,13-18H2,1-2H3. The van der Waals surface area contributed by atoms with Crippen molar-refractivity contribution in [2.45, 2.75) is 31.7 Å². The number of amides is 1. The van der Waals surface area contributed by atoms with E-state index in [9.17, 15) is 4.79 Å². The second kappa shape index (κ2) is 9.22. The molecular weight excluding hydrogens is 374 g/mol. The van der Waals surface area contributed by atoms with E-state index >= 15 is 0 Å². The molecule has 2 heterocycles. The molecule has 0 saturated carbocycles. The predicted molar refractivity (Wildman–Crippen MR) is 118 cm³/mol. The Labute approximate surface area is 178 Å². The number of carbonyl (C=O) groups is 1. The van der Waals surface area contributed by atoms with Crippen molar-refractivity contribution in [2.75, 3.05) is 27.2 Å². The molecule has 0 bridgehead atoms. The Morgan fingerprint density at radius 1 is 0.967 bits per heavy atom. The van der Waals surface area contributed by atoms with E-state index in [2.05, 4.69) is 41.2 Å². The number of carbonyl (C=O) groups excluding carboxylic acids is 1. The first-order valence-electron chi connectivity index (χ1n) is 10.6. The molecule has 1 amide bonds. The maximum Gasteiger partial charge on any atom is 0.293 e. The van der Waals surface area contributed by atoms with E-state index < -0.39 is 0 Å². The fourth-order valence-electron chi connectivity index (χ4n) is 4.00. The van der Waals surface area contributed by atoms with Crippen LogP contribution >= 0.6 is 0 Å². The maximum atomic E-state index is 13.1. The normalized spacial score (nSPS) is 15.0. The molecule has 3 aromatic rings. The van der Waals surface area contributed by atoms with Gasteiger partial charge in [0.2, 0.25) is 5.82 Å². The van der Waals surface area contributed by atoms with Crippen LogP contribution in [-0.4, -0.2) is 63.7 Å². The number of hydrogen-bond acceptors (Lipinski definition) is 4. The van der Waals surface area contributed by atoms with Gasteiger partial charge in [0.15, 0.2) is 0 Å². The minimum absolute atomic E-state index is 0.0668. The van der Waals surface area contributed by atoms with Gasteiger partial charge in [0.25, 0.3) is 5.91 Å². The molecule has 1 aromatic heterocycles. The summed E-state index contributed by atoms with van der Waals surface area (Å²) in [5, 5.41) is 4.63. The molecule has 0 spiro atoms. The molecule has 156 valence electrons. The Bertz CT molecular complexity index is 960. The highest BCUT2D eigenvalue weighted by Gasteiger charge is 2.27. The van der Waals surface area contributed by atoms with Crippen LogP contribution in [0.4, 0.5) is 0 Å². The van der Waals surface area contributed by atoms with Gasteiger partial charge in [0.1, 0.15) is 5.82 Å². The summed E-state index contributed by atoms with van der Waals surface area (Å²) in [5.74, 6) is 1.05.